The molecule has 3 atom stereocenters. The molecule has 1 aliphatic heterocycles. The lowest BCUT2D eigenvalue weighted by Gasteiger charge is -2.45. The number of amides is 3. The van der Waals surface area contributed by atoms with Crippen molar-refractivity contribution in [1.29, 1.82) is 0 Å². The van der Waals surface area contributed by atoms with E-state index in [-0.39, 0.29) is 30.1 Å². The second-order valence-electron chi connectivity index (χ2n) is 11.5. The number of carbonyl (C=O) groups excluding carboxylic acids is 4. The van der Waals surface area contributed by atoms with Crippen molar-refractivity contribution in [2.75, 3.05) is 11.9 Å². The van der Waals surface area contributed by atoms with Crippen LogP contribution in [0.2, 0.25) is 0 Å². The first kappa shape index (κ1) is 28.3. The van der Waals surface area contributed by atoms with E-state index in [1.54, 1.807) is 6.07 Å². The molecule has 3 amide bonds. The highest BCUT2D eigenvalue weighted by Crippen LogP contribution is 2.61. The van der Waals surface area contributed by atoms with Crippen molar-refractivity contribution in [1.82, 2.24) is 4.90 Å². The second kappa shape index (κ2) is 11.1. The molecule has 0 saturated carbocycles. The number of ether oxygens (including phenoxy) is 1. The summed E-state index contributed by atoms with van der Waals surface area (Å²) in [5, 5.41) is 2.80. The van der Waals surface area contributed by atoms with Crippen molar-refractivity contribution >= 4 is 45.3 Å². The Kier molecular flexibility index (Phi) is 7.51. The Balaban J connectivity index is 1.25. The summed E-state index contributed by atoms with van der Waals surface area (Å²) in [5.41, 5.74) is 6.83. The lowest BCUT2D eigenvalue weighted by Crippen LogP contribution is -2.47. The maximum absolute atomic E-state index is 14.2. The van der Waals surface area contributed by atoms with Crippen LogP contribution < -0.4 is 5.32 Å². The molecule has 1 heterocycles. The van der Waals surface area contributed by atoms with E-state index in [0.717, 1.165) is 44.3 Å². The maximum atomic E-state index is 14.2. The van der Waals surface area contributed by atoms with E-state index in [4.69, 9.17) is 4.74 Å². The Labute approximate surface area is 253 Å². The summed E-state index contributed by atoms with van der Waals surface area (Å²) in [4.78, 5) is 55.8. The highest BCUT2D eigenvalue weighted by molar-refractivity contribution is 9.10. The van der Waals surface area contributed by atoms with Gasteiger partial charge in [-0.25, -0.2) is 4.79 Å². The van der Waals surface area contributed by atoms with E-state index in [2.05, 4.69) is 45.5 Å². The first-order valence-corrected chi connectivity index (χ1v) is 15.3. The van der Waals surface area contributed by atoms with Gasteiger partial charge < -0.3 is 10.1 Å². The number of halogens is 1. The average Bonchev–Trinajstić information content (AvgIpc) is 3.26. The van der Waals surface area contributed by atoms with Crippen molar-refractivity contribution < 1.29 is 23.9 Å². The van der Waals surface area contributed by atoms with Crippen molar-refractivity contribution in [3.63, 3.8) is 0 Å². The molecule has 3 aromatic rings. The smallest absolute Gasteiger partial charge is 0.329 e. The Morgan fingerprint density at radius 3 is 1.88 bits per heavy atom. The van der Waals surface area contributed by atoms with Crippen LogP contribution >= 0.6 is 15.9 Å². The number of nitrogens with zero attached hydrogens (tertiary/aromatic N) is 1. The molecule has 1 saturated heterocycles. The van der Waals surface area contributed by atoms with Gasteiger partial charge in [-0.1, -0.05) is 84.2 Å². The number of hydrogen-bond donors (Lipinski definition) is 1. The van der Waals surface area contributed by atoms with Crippen molar-refractivity contribution in [2.24, 2.45) is 11.8 Å². The molecule has 3 aromatic carbocycles. The van der Waals surface area contributed by atoms with Gasteiger partial charge in [0.25, 0.3) is 5.91 Å². The zero-order valence-electron chi connectivity index (χ0n) is 23.9. The van der Waals surface area contributed by atoms with Gasteiger partial charge in [-0.2, -0.15) is 0 Å². The van der Waals surface area contributed by atoms with Crippen molar-refractivity contribution in [2.45, 2.75) is 57.9 Å². The molecule has 8 heteroatoms. The van der Waals surface area contributed by atoms with Crippen LogP contribution in [0.1, 0.15) is 71.4 Å². The molecule has 7 nitrogen and oxygen atoms in total. The van der Waals surface area contributed by atoms with E-state index < -0.39 is 36.4 Å². The molecule has 3 aliphatic carbocycles. The predicted octanol–water partition coefficient (Wildman–Crippen LogP) is 6.00. The van der Waals surface area contributed by atoms with Gasteiger partial charge >= 0.3 is 5.97 Å². The summed E-state index contributed by atoms with van der Waals surface area (Å²) in [6, 6.07) is 18.6. The van der Waals surface area contributed by atoms with Gasteiger partial charge in [-0.05, 0) is 65.8 Å². The Morgan fingerprint density at radius 2 is 1.38 bits per heavy atom. The standard InChI is InChI=1S/C34H33BrN2O5/c1-4-5-14-26(34(41)42-17-27(38)36-25-16-15-24(35)18(2)19(25)3)37-32(39)30-28-20-10-6-7-11-21(20)29(31(30)33(37)40)23-13-9-8-12-22(23)28/h6-13,15-16,26,28-31H,4-5,14,17H2,1-3H3,(H,36,38)/t26-,28?,29?,30-,31+/m1/s1. The number of anilines is 1. The zero-order valence-corrected chi connectivity index (χ0v) is 25.4. The highest BCUT2D eigenvalue weighted by atomic mass is 79.9. The van der Waals surface area contributed by atoms with Crippen LogP contribution in [-0.2, 0) is 23.9 Å². The summed E-state index contributed by atoms with van der Waals surface area (Å²) >= 11 is 3.48. The second-order valence-corrected chi connectivity index (χ2v) is 12.3. The number of likely N-dealkylation sites (tertiary alicyclic amines) is 1. The molecule has 4 aliphatic rings. The Morgan fingerprint density at radius 1 is 0.857 bits per heavy atom. The molecule has 216 valence electrons. The van der Waals surface area contributed by atoms with Crippen LogP contribution in [0.5, 0.6) is 0 Å². The fraction of sp³-hybridized carbons (Fsp3) is 0.353. The molecule has 7 rings (SSSR count). The fourth-order valence-corrected chi connectivity index (χ4v) is 7.53. The molecule has 42 heavy (non-hydrogen) atoms. The SMILES string of the molecule is CCCC[C@H](C(=O)OCC(=O)Nc1ccc(Br)c(C)c1C)N1C(=O)[C@@H]2C3c4ccccc4C(c4ccccc43)[C@@H]2C1=O. The van der Waals surface area contributed by atoms with E-state index in [0.29, 0.717) is 12.1 Å². The first-order chi connectivity index (χ1) is 20.2. The molecular formula is C34H33BrN2O5. The van der Waals surface area contributed by atoms with Crippen LogP contribution in [0.15, 0.2) is 65.1 Å². The van der Waals surface area contributed by atoms with Crippen LogP contribution in [0.3, 0.4) is 0 Å². The molecule has 0 radical (unpaired) electrons. The minimum absolute atomic E-state index is 0.250. The van der Waals surface area contributed by atoms with E-state index in [1.165, 1.54) is 4.90 Å². The number of unbranched alkanes of at least 4 members (excludes halogenated alkanes) is 1. The fourth-order valence-electron chi connectivity index (χ4n) is 7.10. The number of benzene rings is 3. The molecule has 2 bridgehead atoms. The van der Waals surface area contributed by atoms with Crippen molar-refractivity contribution in [3.05, 3.63) is 98.5 Å². The van der Waals surface area contributed by atoms with Gasteiger partial charge in [-0.3, -0.25) is 19.3 Å². The lowest BCUT2D eigenvalue weighted by molar-refractivity contribution is -0.160. The maximum Gasteiger partial charge on any atom is 0.329 e. The predicted molar refractivity (Wildman–Crippen MR) is 162 cm³/mol. The normalized spacial score (nSPS) is 22.3. The summed E-state index contributed by atoms with van der Waals surface area (Å²) in [5.74, 6) is -3.52. The van der Waals surface area contributed by atoms with Gasteiger partial charge in [0.15, 0.2) is 6.61 Å². The molecule has 0 spiro atoms. The van der Waals surface area contributed by atoms with Crippen LogP contribution in [0.25, 0.3) is 0 Å². The van der Waals surface area contributed by atoms with Crippen LogP contribution in [0, 0.1) is 25.7 Å². The molecule has 1 fully saturated rings. The van der Waals surface area contributed by atoms with Gasteiger partial charge in [0.2, 0.25) is 11.8 Å². The molecular weight excluding hydrogens is 596 g/mol. The third-order valence-corrected chi connectivity index (χ3v) is 10.1. The lowest BCUT2D eigenvalue weighted by atomic mass is 9.55. The number of nitrogens with one attached hydrogen (secondary N) is 1. The van der Waals surface area contributed by atoms with Gasteiger partial charge in [0, 0.05) is 22.0 Å². The average molecular weight is 630 g/mol. The van der Waals surface area contributed by atoms with E-state index in [9.17, 15) is 19.2 Å². The largest absolute Gasteiger partial charge is 0.454 e. The monoisotopic (exact) mass is 628 g/mol. The topological polar surface area (TPSA) is 92.8 Å². The molecule has 1 N–H and O–H groups in total. The third kappa shape index (κ3) is 4.47. The highest BCUT2D eigenvalue weighted by Gasteiger charge is 2.63. The minimum Gasteiger partial charge on any atom is -0.454 e. The quantitative estimate of drug-likeness (QED) is 0.244. The summed E-state index contributed by atoms with van der Waals surface area (Å²) < 4.78 is 6.41. The van der Waals surface area contributed by atoms with Crippen LogP contribution in [0.4, 0.5) is 5.69 Å². The summed E-state index contributed by atoms with van der Waals surface area (Å²) in [6.45, 7) is 5.31. The molecule has 0 aromatic heterocycles. The zero-order chi connectivity index (χ0) is 29.7. The number of imide groups is 1. The number of rotatable bonds is 8. The first-order valence-electron chi connectivity index (χ1n) is 14.5. The van der Waals surface area contributed by atoms with E-state index >= 15 is 0 Å². The molecule has 0 unspecified atom stereocenters. The van der Waals surface area contributed by atoms with Gasteiger partial charge in [-0.15, -0.1) is 0 Å². The number of esters is 1. The summed E-state index contributed by atoms with van der Waals surface area (Å²) in [6.07, 6.45) is 1.69. The van der Waals surface area contributed by atoms with E-state index in [1.807, 2.05) is 51.1 Å². The number of hydrogen-bond acceptors (Lipinski definition) is 5. The Hall–Kier alpha value is -3.78. The van der Waals surface area contributed by atoms with Gasteiger partial charge in [0.1, 0.15) is 6.04 Å². The number of carbonyl (C=O) groups is 4. The van der Waals surface area contributed by atoms with Gasteiger partial charge in [0.05, 0.1) is 11.8 Å². The van der Waals surface area contributed by atoms with Crippen LogP contribution in [-0.4, -0.2) is 41.2 Å². The third-order valence-electron chi connectivity index (χ3n) is 9.24. The summed E-state index contributed by atoms with van der Waals surface area (Å²) in [7, 11) is 0. The van der Waals surface area contributed by atoms with Crippen molar-refractivity contribution in [3.8, 4) is 0 Å². The minimum atomic E-state index is -1.08. The Bertz CT molecular complexity index is 1500.